The van der Waals surface area contributed by atoms with Crippen molar-refractivity contribution in [3.05, 3.63) is 30.0 Å². The number of benzene rings is 1. The number of piperidine rings is 1. The molecule has 1 atom stereocenters. The fourth-order valence-corrected chi connectivity index (χ4v) is 3.84. The molecule has 0 aliphatic carbocycles. The van der Waals surface area contributed by atoms with Crippen molar-refractivity contribution in [3.63, 3.8) is 0 Å². The number of fused-ring (bicyclic) bond motifs is 1. The summed E-state index contributed by atoms with van der Waals surface area (Å²) in [4.78, 5) is 2.20. The second-order valence-corrected chi connectivity index (χ2v) is 8.74. The zero-order valence-corrected chi connectivity index (χ0v) is 17.0. The summed E-state index contributed by atoms with van der Waals surface area (Å²) in [5.41, 5.74) is 0.536. The van der Waals surface area contributed by atoms with Gasteiger partial charge in [-0.15, -0.1) is 0 Å². The van der Waals surface area contributed by atoms with Crippen LogP contribution in [0.3, 0.4) is 0 Å². The summed E-state index contributed by atoms with van der Waals surface area (Å²) in [6, 6.07) is 6.21. The fraction of sp³-hybridized carbons (Fsp3) is 0.667. The number of hydrogen-bond donors (Lipinski definition) is 2. The Morgan fingerprint density at radius 2 is 2.00 bits per heavy atom. The van der Waals surface area contributed by atoms with E-state index in [1.54, 1.807) is 13.8 Å². The molecule has 0 bridgehead atoms. The molecule has 1 unspecified atom stereocenters. The van der Waals surface area contributed by atoms with Crippen LogP contribution in [0.1, 0.15) is 58.4 Å². The number of halogens is 1. The number of hydrogen-bond acceptors (Lipinski definition) is 4. The van der Waals surface area contributed by atoms with Crippen LogP contribution in [0.2, 0.25) is 0 Å². The van der Waals surface area contributed by atoms with E-state index in [2.05, 4.69) is 29.2 Å². The minimum absolute atomic E-state index is 0.287. The van der Waals surface area contributed by atoms with Gasteiger partial charge in [0, 0.05) is 36.3 Å². The maximum absolute atomic E-state index is 13.8. The molecule has 2 N–H and O–H groups in total. The third-order valence-electron chi connectivity index (χ3n) is 5.32. The first kappa shape index (κ1) is 20.2. The van der Waals surface area contributed by atoms with Crippen molar-refractivity contribution in [2.24, 2.45) is 5.92 Å². The van der Waals surface area contributed by atoms with Crippen molar-refractivity contribution in [1.29, 1.82) is 0 Å². The second-order valence-electron chi connectivity index (χ2n) is 8.74. The molecule has 6 heteroatoms. The Balaban J connectivity index is 1.56. The van der Waals surface area contributed by atoms with Gasteiger partial charge in [-0.1, -0.05) is 18.2 Å². The van der Waals surface area contributed by atoms with Gasteiger partial charge < -0.3 is 10.0 Å². The summed E-state index contributed by atoms with van der Waals surface area (Å²) in [5.74, 6) is 0.506. The van der Waals surface area contributed by atoms with E-state index in [9.17, 15) is 9.50 Å². The molecule has 150 valence electrons. The zero-order chi connectivity index (χ0) is 19.6. The average molecular weight is 377 g/mol. The molecular formula is C21H33FN4O. The summed E-state index contributed by atoms with van der Waals surface area (Å²) in [6.45, 7) is 10.6. The molecule has 27 heavy (non-hydrogen) atoms. The minimum Gasteiger partial charge on any atom is -0.374 e. The number of nitrogens with zero attached hydrogens (tertiary/aromatic N) is 3. The van der Waals surface area contributed by atoms with Crippen LogP contribution >= 0.6 is 0 Å². The Labute approximate surface area is 161 Å². The average Bonchev–Trinajstić information content (AvgIpc) is 3.04. The van der Waals surface area contributed by atoms with Gasteiger partial charge in [0.25, 0.3) is 0 Å². The first-order chi connectivity index (χ1) is 12.7. The van der Waals surface area contributed by atoms with Gasteiger partial charge in [0.15, 0.2) is 0 Å². The molecule has 1 aromatic heterocycles. The SMILES string of the molecule is CC(C)n1cc2cccc(C(O)NCC3CCN(CC(C)(C)F)CC3)c2n1. The highest BCUT2D eigenvalue weighted by molar-refractivity contribution is 5.81. The van der Waals surface area contributed by atoms with E-state index < -0.39 is 11.9 Å². The van der Waals surface area contributed by atoms with Crippen molar-refractivity contribution < 1.29 is 9.50 Å². The highest BCUT2D eigenvalue weighted by Gasteiger charge is 2.25. The first-order valence-electron chi connectivity index (χ1n) is 10.0. The number of aliphatic hydroxyl groups excluding tert-OH is 1. The maximum atomic E-state index is 13.8. The molecule has 0 saturated carbocycles. The molecule has 2 heterocycles. The van der Waals surface area contributed by atoms with E-state index in [1.165, 1.54) is 0 Å². The van der Waals surface area contributed by atoms with Gasteiger partial charge in [-0.05, 0) is 59.5 Å². The van der Waals surface area contributed by atoms with Gasteiger partial charge in [0.2, 0.25) is 0 Å². The van der Waals surface area contributed by atoms with Crippen LogP contribution < -0.4 is 5.32 Å². The van der Waals surface area contributed by atoms with Gasteiger partial charge in [0.1, 0.15) is 11.9 Å². The lowest BCUT2D eigenvalue weighted by Gasteiger charge is -2.34. The Kier molecular flexibility index (Phi) is 6.18. The molecule has 1 aromatic carbocycles. The van der Waals surface area contributed by atoms with Crippen LogP contribution in [0.5, 0.6) is 0 Å². The number of aromatic nitrogens is 2. The third kappa shape index (κ3) is 5.27. The lowest BCUT2D eigenvalue weighted by molar-refractivity contribution is 0.0863. The molecule has 1 saturated heterocycles. The second kappa shape index (κ2) is 8.25. The standard InChI is InChI=1S/C21H33FN4O/c1-15(2)26-13-17-6-5-7-18(19(17)24-26)20(27)23-12-16-8-10-25(11-9-16)14-21(3,4)22/h5-7,13,15-16,20,23,27H,8-12,14H2,1-4H3. The molecule has 3 rings (SSSR count). The predicted molar refractivity (Wildman–Crippen MR) is 107 cm³/mol. The van der Waals surface area contributed by atoms with Crippen molar-refractivity contribution >= 4 is 10.9 Å². The molecular weight excluding hydrogens is 343 g/mol. The normalized spacial score (nSPS) is 18.5. The summed E-state index contributed by atoms with van der Waals surface area (Å²) >= 11 is 0. The topological polar surface area (TPSA) is 53.3 Å². The van der Waals surface area contributed by atoms with Gasteiger partial charge in [-0.2, -0.15) is 5.10 Å². The molecule has 5 nitrogen and oxygen atoms in total. The Morgan fingerprint density at radius 1 is 1.30 bits per heavy atom. The van der Waals surface area contributed by atoms with Gasteiger partial charge >= 0.3 is 0 Å². The summed E-state index contributed by atoms with van der Waals surface area (Å²) in [5, 5.41) is 19.6. The van der Waals surface area contributed by atoms with Crippen LogP contribution in [0.15, 0.2) is 24.4 Å². The van der Waals surface area contributed by atoms with Gasteiger partial charge in [0.05, 0.1) is 5.52 Å². The van der Waals surface area contributed by atoms with Crippen LogP contribution in [0.25, 0.3) is 10.9 Å². The van der Waals surface area contributed by atoms with E-state index in [0.29, 0.717) is 12.5 Å². The van der Waals surface area contributed by atoms with E-state index >= 15 is 0 Å². The molecule has 1 aliphatic heterocycles. The zero-order valence-electron chi connectivity index (χ0n) is 17.0. The minimum atomic E-state index is -1.14. The quantitative estimate of drug-likeness (QED) is 0.724. The number of nitrogens with one attached hydrogen (secondary N) is 1. The maximum Gasteiger partial charge on any atom is 0.133 e. The number of aliphatic hydroxyl groups is 1. The lowest BCUT2D eigenvalue weighted by Crippen LogP contribution is -2.43. The monoisotopic (exact) mass is 376 g/mol. The van der Waals surface area contributed by atoms with Crippen LogP contribution in [-0.2, 0) is 0 Å². The number of likely N-dealkylation sites (tertiary alicyclic amines) is 1. The van der Waals surface area contributed by atoms with E-state index in [1.807, 2.05) is 29.1 Å². The highest BCUT2D eigenvalue weighted by atomic mass is 19.1. The first-order valence-corrected chi connectivity index (χ1v) is 10.0. The lowest BCUT2D eigenvalue weighted by atomic mass is 9.95. The molecule has 0 spiro atoms. The Bertz CT molecular complexity index is 744. The van der Waals surface area contributed by atoms with Gasteiger partial charge in [-0.3, -0.25) is 10.00 Å². The summed E-state index contributed by atoms with van der Waals surface area (Å²) < 4.78 is 15.7. The fourth-order valence-electron chi connectivity index (χ4n) is 3.84. The van der Waals surface area contributed by atoms with Crippen LogP contribution in [0, 0.1) is 5.92 Å². The summed E-state index contributed by atoms with van der Waals surface area (Å²) in [7, 11) is 0. The largest absolute Gasteiger partial charge is 0.374 e. The van der Waals surface area contributed by atoms with Crippen LogP contribution in [-0.4, -0.2) is 51.6 Å². The predicted octanol–water partition coefficient (Wildman–Crippen LogP) is 3.66. The van der Waals surface area contributed by atoms with Crippen molar-refractivity contribution in [3.8, 4) is 0 Å². The van der Waals surface area contributed by atoms with Crippen LogP contribution in [0.4, 0.5) is 4.39 Å². The molecule has 1 fully saturated rings. The smallest absolute Gasteiger partial charge is 0.133 e. The van der Waals surface area contributed by atoms with E-state index in [0.717, 1.165) is 48.9 Å². The third-order valence-corrected chi connectivity index (χ3v) is 5.32. The number of rotatable bonds is 7. The van der Waals surface area contributed by atoms with Crippen molar-refractivity contribution in [2.45, 2.75) is 58.5 Å². The van der Waals surface area contributed by atoms with E-state index in [4.69, 9.17) is 0 Å². The van der Waals surface area contributed by atoms with Crippen molar-refractivity contribution in [2.75, 3.05) is 26.2 Å². The Hall–Kier alpha value is -1.50. The highest BCUT2D eigenvalue weighted by Crippen LogP contribution is 2.24. The Morgan fingerprint density at radius 3 is 2.63 bits per heavy atom. The molecule has 0 radical (unpaired) electrons. The van der Waals surface area contributed by atoms with Gasteiger partial charge in [-0.25, -0.2) is 4.39 Å². The molecule has 0 amide bonds. The van der Waals surface area contributed by atoms with E-state index in [-0.39, 0.29) is 6.04 Å². The summed E-state index contributed by atoms with van der Waals surface area (Å²) in [6.07, 6.45) is 3.36. The van der Waals surface area contributed by atoms with Crippen molar-refractivity contribution in [1.82, 2.24) is 20.0 Å². The number of alkyl halides is 1. The molecule has 1 aliphatic rings. The molecule has 2 aromatic rings.